The van der Waals surface area contributed by atoms with Crippen molar-refractivity contribution in [2.75, 3.05) is 4.90 Å². The minimum absolute atomic E-state index is 0.157. The Morgan fingerprint density at radius 3 is 2.27 bits per heavy atom. The molecule has 0 radical (unpaired) electrons. The van der Waals surface area contributed by atoms with E-state index in [4.69, 9.17) is 39.2 Å². The van der Waals surface area contributed by atoms with Crippen molar-refractivity contribution in [2.45, 2.75) is 0 Å². The molecule has 3 aromatic carbocycles. The molecule has 162 valence electrons. The molecule has 0 unspecified atom stereocenters. The Morgan fingerprint density at radius 2 is 1.52 bits per heavy atom. The zero-order chi connectivity index (χ0) is 22.9. The third-order valence-electron chi connectivity index (χ3n) is 5.26. The Kier molecular flexibility index (Phi) is 5.86. The summed E-state index contributed by atoms with van der Waals surface area (Å²) in [5.74, 6) is 0.947. The van der Waals surface area contributed by atoms with Crippen LogP contribution in [0.25, 0.3) is 23.1 Å². The number of amides is 1. The van der Waals surface area contributed by atoms with Crippen LogP contribution in [0.4, 0.5) is 5.69 Å². The number of anilines is 1. The zero-order valence-electron chi connectivity index (χ0n) is 17.1. The second-order valence-corrected chi connectivity index (χ2v) is 8.72. The topological polar surface area (TPSA) is 33.5 Å². The van der Waals surface area contributed by atoms with Crippen molar-refractivity contribution in [3.63, 3.8) is 0 Å². The third-order valence-corrected chi connectivity index (χ3v) is 6.07. The monoisotopic (exact) mass is 491 g/mol. The quantitative estimate of drug-likeness (QED) is 0.268. The predicted molar refractivity (Wildman–Crippen MR) is 135 cm³/mol. The van der Waals surface area contributed by atoms with Crippen molar-refractivity contribution >= 4 is 58.2 Å². The molecule has 0 N–H and O–H groups in total. The maximum absolute atomic E-state index is 13.4. The van der Waals surface area contributed by atoms with Gasteiger partial charge in [-0.2, -0.15) is 0 Å². The van der Waals surface area contributed by atoms with E-state index >= 15 is 0 Å². The highest BCUT2D eigenvalue weighted by Gasteiger charge is 2.30. The van der Waals surface area contributed by atoms with Gasteiger partial charge in [0.05, 0.1) is 10.7 Å². The summed E-state index contributed by atoms with van der Waals surface area (Å²) in [6.07, 6.45) is 3.59. The molecule has 5 rings (SSSR count). The van der Waals surface area contributed by atoms with Crippen LogP contribution in [-0.2, 0) is 4.79 Å². The SMILES string of the molecule is O=C1C(=Cc2ccc(-c3cc(Cl)ccc3Cl)o2)C=C(c2ccccc2)N1c1ccc(Cl)cc1. The van der Waals surface area contributed by atoms with Crippen LogP contribution in [0.3, 0.4) is 0 Å². The van der Waals surface area contributed by atoms with E-state index in [0.29, 0.717) is 37.7 Å². The van der Waals surface area contributed by atoms with Gasteiger partial charge in [-0.15, -0.1) is 0 Å². The molecule has 4 aromatic rings. The first-order valence-electron chi connectivity index (χ1n) is 10.1. The summed E-state index contributed by atoms with van der Waals surface area (Å²) in [5.41, 5.74) is 3.62. The van der Waals surface area contributed by atoms with Gasteiger partial charge in [0.15, 0.2) is 0 Å². The van der Waals surface area contributed by atoms with E-state index in [9.17, 15) is 4.79 Å². The molecule has 33 heavy (non-hydrogen) atoms. The first-order valence-corrected chi connectivity index (χ1v) is 11.3. The summed E-state index contributed by atoms with van der Waals surface area (Å²) in [4.78, 5) is 15.1. The number of nitrogens with zero attached hydrogens (tertiary/aromatic N) is 1. The van der Waals surface area contributed by atoms with E-state index in [1.54, 1.807) is 47.4 Å². The second kappa shape index (κ2) is 8.95. The number of hydrogen-bond acceptors (Lipinski definition) is 2. The van der Waals surface area contributed by atoms with Crippen LogP contribution in [0.5, 0.6) is 0 Å². The maximum Gasteiger partial charge on any atom is 0.263 e. The molecule has 2 heterocycles. The lowest BCUT2D eigenvalue weighted by molar-refractivity contribution is -0.113. The number of furan rings is 1. The summed E-state index contributed by atoms with van der Waals surface area (Å²) in [7, 11) is 0. The van der Waals surface area contributed by atoms with Crippen molar-refractivity contribution in [3.8, 4) is 11.3 Å². The summed E-state index contributed by atoms with van der Waals surface area (Å²) in [6.45, 7) is 0. The third kappa shape index (κ3) is 4.36. The van der Waals surface area contributed by atoms with Crippen LogP contribution < -0.4 is 4.90 Å². The molecule has 0 saturated heterocycles. The minimum Gasteiger partial charge on any atom is -0.457 e. The molecule has 1 aliphatic heterocycles. The molecule has 0 fully saturated rings. The average molecular weight is 493 g/mol. The lowest BCUT2D eigenvalue weighted by Crippen LogP contribution is -2.24. The van der Waals surface area contributed by atoms with Crippen molar-refractivity contribution in [1.29, 1.82) is 0 Å². The standard InChI is InChI=1S/C27H16Cl3NO2/c28-19-6-9-21(10-7-19)31-25(17-4-2-1-3-5-17)15-18(27(31)32)14-22-11-13-26(33-22)23-16-20(29)8-12-24(23)30/h1-16H. The molecule has 1 amide bonds. The predicted octanol–water partition coefficient (Wildman–Crippen LogP) is 8.38. The number of benzene rings is 3. The van der Waals surface area contributed by atoms with E-state index in [1.807, 2.05) is 54.6 Å². The number of carbonyl (C=O) groups excluding carboxylic acids is 1. The van der Waals surface area contributed by atoms with Crippen LogP contribution in [0, 0.1) is 0 Å². The van der Waals surface area contributed by atoms with Crippen molar-refractivity contribution < 1.29 is 9.21 Å². The molecule has 6 heteroatoms. The number of carbonyl (C=O) groups is 1. The number of halogens is 3. The van der Waals surface area contributed by atoms with E-state index < -0.39 is 0 Å². The molecular weight excluding hydrogens is 477 g/mol. The van der Waals surface area contributed by atoms with Crippen LogP contribution >= 0.6 is 34.8 Å². The lowest BCUT2D eigenvalue weighted by atomic mass is 10.1. The number of hydrogen-bond donors (Lipinski definition) is 0. The van der Waals surface area contributed by atoms with Gasteiger partial charge in [0.25, 0.3) is 5.91 Å². The summed E-state index contributed by atoms with van der Waals surface area (Å²) in [5, 5.41) is 1.70. The average Bonchev–Trinajstić information content (AvgIpc) is 3.42. The highest BCUT2D eigenvalue weighted by molar-refractivity contribution is 6.35. The molecule has 1 aromatic heterocycles. The summed E-state index contributed by atoms with van der Waals surface area (Å²) < 4.78 is 5.98. The van der Waals surface area contributed by atoms with E-state index in [2.05, 4.69) is 0 Å². The Hall–Kier alpha value is -3.24. The second-order valence-electron chi connectivity index (χ2n) is 7.44. The van der Waals surface area contributed by atoms with Gasteiger partial charge in [-0.05, 0) is 72.3 Å². The van der Waals surface area contributed by atoms with Gasteiger partial charge in [0.2, 0.25) is 0 Å². The van der Waals surface area contributed by atoms with E-state index in [0.717, 1.165) is 16.9 Å². The fraction of sp³-hybridized carbons (Fsp3) is 0. The van der Waals surface area contributed by atoms with Gasteiger partial charge >= 0.3 is 0 Å². The van der Waals surface area contributed by atoms with Gasteiger partial charge in [0.1, 0.15) is 11.5 Å². The van der Waals surface area contributed by atoms with Crippen LogP contribution in [0.2, 0.25) is 15.1 Å². The smallest absolute Gasteiger partial charge is 0.263 e. The maximum atomic E-state index is 13.4. The Morgan fingerprint density at radius 1 is 0.788 bits per heavy atom. The van der Waals surface area contributed by atoms with E-state index in [-0.39, 0.29) is 5.91 Å². The van der Waals surface area contributed by atoms with Gasteiger partial charge < -0.3 is 4.42 Å². The molecule has 0 atom stereocenters. The minimum atomic E-state index is -0.157. The molecule has 0 aliphatic carbocycles. The van der Waals surface area contributed by atoms with Gasteiger partial charge in [-0.25, -0.2) is 0 Å². The first-order chi connectivity index (χ1) is 16.0. The van der Waals surface area contributed by atoms with Crippen LogP contribution in [-0.4, -0.2) is 5.91 Å². The highest BCUT2D eigenvalue weighted by atomic mass is 35.5. The largest absolute Gasteiger partial charge is 0.457 e. The van der Waals surface area contributed by atoms with Crippen molar-refractivity contribution in [3.05, 3.63) is 123 Å². The zero-order valence-corrected chi connectivity index (χ0v) is 19.4. The lowest BCUT2D eigenvalue weighted by Gasteiger charge is -2.20. The van der Waals surface area contributed by atoms with Gasteiger partial charge in [0, 0.05) is 26.9 Å². The van der Waals surface area contributed by atoms with Gasteiger partial charge in [-0.1, -0.05) is 65.1 Å². The van der Waals surface area contributed by atoms with Crippen molar-refractivity contribution in [2.24, 2.45) is 0 Å². The molecular formula is C27H16Cl3NO2. The van der Waals surface area contributed by atoms with E-state index in [1.165, 1.54) is 0 Å². The van der Waals surface area contributed by atoms with Crippen LogP contribution in [0.15, 0.2) is 101 Å². The Balaban J connectivity index is 1.55. The molecule has 1 aliphatic rings. The summed E-state index contributed by atoms with van der Waals surface area (Å²) in [6, 6.07) is 25.7. The molecule has 0 saturated carbocycles. The molecule has 0 spiro atoms. The van der Waals surface area contributed by atoms with Crippen LogP contribution in [0.1, 0.15) is 11.3 Å². The fourth-order valence-corrected chi connectivity index (χ4v) is 4.21. The fourth-order valence-electron chi connectivity index (χ4n) is 3.70. The number of rotatable bonds is 4. The van der Waals surface area contributed by atoms with Gasteiger partial charge in [-0.3, -0.25) is 9.69 Å². The molecule has 0 bridgehead atoms. The van der Waals surface area contributed by atoms with Crippen molar-refractivity contribution in [1.82, 2.24) is 0 Å². The molecule has 3 nitrogen and oxygen atoms in total. The Bertz CT molecular complexity index is 1400. The normalized spacial score (nSPS) is 14.8. The Labute approximate surface area is 206 Å². The first kappa shape index (κ1) is 21.6. The highest BCUT2D eigenvalue weighted by Crippen LogP contribution is 2.37. The summed E-state index contributed by atoms with van der Waals surface area (Å²) >= 11 is 18.5.